The number of hydrogen-bond acceptors (Lipinski definition) is 5. The van der Waals surface area contributed by atoms with Gasteiger partial charge in [0.1, 0.15) is 6.61 Å². The highest BCUT2D eigenvalue weighted by atomic mass is 16.6. The smallest absolute Gasteiger partial charge is 0.306 e. The van der Waals surface area contributed by atoms with Crippen molar-refractivity contribution in [3.8, 4) is 0 Å². The fourth-order valence-corrected chi connectivity index (χ4v) is 3.23. The molecule has 0 amide bonds. The molecule has 0 aliphatic carbocycles. The summed E-state index contributed by atoms with van der Waals surface area (Å²) in [7, 11) is 0. The zero-order chi connectivity index (χ0) is 26.5. The van der Waals surface area contributed by atoms with Gasteiger partial charge in [-0.05, 0) is 51.4 Å². The van der Waals surface area contributed by atoms with Gasteiger partial charge >= 0.3 is 11.9 Å². The molecule has 0 unspecified atom stereocenters. The minimum Gasteiger partial charge on any atom is -0.462 e. The monoisotopic (exact) mass is 502 g/mol. The molecule has 204 valence electrons. The lowest BCUT2D eigenvalue weighted by atomic mass is 10.1. The van der Waals surface area contributed by atoms with Crippen LogP contribution in [0.3, 0.4) is 0 Å². The Morgan fingerprint density at radius 1 is 0.667 bits per heavy atom. The molecule has 0 heterocycles. The van der Waals surface area contributed by atoms with E-state index in [0.717, 1.165) is 64.2 Å². The average Bonchev–Trinajstić information content (AvgIpc) is 2.88. The van der Waals surface area contributed by atoms with Crippen LogP contribution in [0.5, 0.6) is 0 Å². The summed E-state index contributed by atoms with van der Waals surface area (Å²) >= 11 is 0. The van der Waals surface area contributed by atoms with E-state index in [1.54, 1.807) is 0 Å². The van der Waals surface area contributed by atoms with Crippen LogP contribution >= 0.6 is 0 Å². The number of carbonyl (C=O) groups excluding carboxylic acids is 2. The van der Waals surface area contributed by atoms with Crippen LogP contribution in [0.25, 0.3) is 0 Å². The SMILES string of the molecule is CC/C=C\C/C=C\C/C=C\C/C=C\C/C=C\CCCC(=O)O[C@@H](CO)COC(=O)CCCCCCC. The number of aliphatic hydroxyl groups is 1. The topological polar surface area (TPSA) is 72.8 Å². The summed E-state index contributed by atoms with van der Waals surface area (Å²) in [6.45, 7) is 3.84. The normalized spacial score (nSPS) is 13.1. The van der Waals surface area contributed by atoms with E-state index in [4.69, 9.17) is 9.47 Å². The van der Waals surface area contributed by atoms with E-state index in [1.165, 1.54) is 6.42 Å². The molecule has 0 radical (unpaired) electrons. The van der Waals surface area contributed by atoms with Crippen LogP contribution < -0.4 is 0 Å². The molecule has 36 heavy (non-hydrogen) atoms. The van der Waals surface area contributed by atoms with Gasteiger partial charge in [0.15, 0.2) is 6.10 Å². The van der Waals surface area contributed by atoms with E-state index >= 15 is 0 Å². The van der Waals surface area contributed by atoms with E-state index in [0.29, 0.717) is 12.8 Å². The zero-order valence-corrected chi connectivity index (χ0v) is 22.7. The Labute approximate surface area is 220 Å². The van der Waals surface area contributed by atoms with Crippen LogP contribution in [0, 0.1) is 0 Å². The van der Waals surface area contributed by atoms with Crippen molar-refractivity contribution in [3.63, 3.8) is 0 Å². The van der Waals surface area contributed by atoms with Crippen molar-refractivity contribution in [3.05, 3.63) is 60.8 Å². The summed E-state index contributed by atoms with van der Waals surface area (Å²) in [6, 6.07) is 0. The zero-order valence-electron chi connectivity index (χ0n) is 22.7. The number of hydrogen-bond donors (Lipinski definition) is 1. The average molecular weight is 503 g/mol. The molecule has 0 bridgehead atoms. The summed E-state index contributed by atoms with van der Waals surface area (Å²) in [5.74, 6) is -0.684. The Bertz CT molecular complexity index is 672. The highest BCUT2D eigenvalue weighted by Crippen LogP contribution is 2.07. The number of rotatable bonds is 23. The molecular formula is C31H50O5. The first-order valence-corrected chi connectivity index (χ1v) is 13.8. The highest BCUT2D eigenvalue weighted by molar-refractivity contribution is 5.70. The quantitative estimate of drug-likeness (QED) is 0.0879. The Morgan fingerprint density at radius 3 is 1.75 bits per heavy atom. The van der Waals surface area contributed by atoms with Gasteiger partial charge in [-0.15, -0.1) is 0 Å². The van der Waals surface area contributed by atoms with Gasteiger partial charge in [-0.3, -0.25) is 9.59 Å². The van der Waals surface area contributed by atoms with E-state index in [1.807, 2.05) is 0 Å². The summed E-state index contributed by atoms with van der Waals surface area (Å²) in [5.41, 5.74) is 0. The molecule has 1 N–H and O–H groups in total. The van der Waals surface area contributed by atoms with Gasteiger partial charge in [-0.25, -0.2) is 0 Å². The lowest BCUT2D eigenvalue weighted by Gasteiger charge is -2.15. The van der Waals surface area contributed by atoms with Crippen molar-refractivity contribution in [2.45, 2.75) is 110 Å². The first-order valence-electron chi connectivity index (χ1n) is 13.8. The predicted octanol–water partition coefficient (Wildman–Crippen LogP) is 7.72. The Kier molecular flexibility index (Phi) is 25.4. The molecule has 0 aliphatic heterocycles. The second kappa shape index (κ2) is 27.2. The number of carbonyl (C=O) groups is 2. The summed E-state index contributed by atoms with van der Waals surface area (Å²) < 4.78 is 10.4. The summed E-state index contributed by atoms with van der Waals surface area (Å²) in [5, 5.41) is 9.39. The number of aliphatic hydroxyl groups excluding tert-OH is 1. The Balaban J connectivity index is 3.78. The first-order chi connectivity index (χ1) is 17.6. The van der Waals surface area contributed by atoms with Crippen molar-refractivity contribution in [2.24, 2.45) is 0 Å². The molecule has 0 rings (SSSR count). The van der Waals surface area contributed by atoms with Gasteiger partial charge in [0.25, 0.3) is 0 Å². The molecular weight excluding hydrogens is 452 g/mol. The molecule has 0 saturated carbocycles. The third kappa shape index (κ3) is 24.7. The van der Waals surface area contributed by atoms with E-state index in [2.05, 4.69) is 74.6 Å². The number of unbranched alkanes of at least 4 members (excludes halogenated alkanes) is 5. The van der Waals surface area contributed by atoms with E-state index in [9.17, 15) is 14.7 Å². The highest BCUT2D eigenvalue weighted by Gasteiger charge is 2.15. The van der Waals surface area contributed by atoms with Crippen molar-refractivity contribution in [1.82, 2.24) is 0 Å². The van der Waals surface area contributed by atoms with Gasteiger partial charge in [-0.2, -0.15) is 0 Å². The van der Waals surface area contributed by atoms with Crippen molar-refractivity contribution in [1.29, 1.82) is 0 Å². The standard InChI is InChI=1S/C31H50O5/c1-3-5-7-9-10-11-12-13-14-15-16-17-18-19-20-22-24-26-31(34)36-29(27-32)28-35-30(33)25-23-21-8-6-4-2/h5,7,10-11,13-14,16-17,19-20,29,32H,3-4,6,8-9,12,15,18,21-28H2,1-2H3/b7-5-,11-10-,14-13-,17-16-,20-19-/t29-/m0/s1. The number of esters is 2. The van der Waals surface area contributed by atoms with Gasteiger partial charge < -0.3 is 14.6 Å². The maximum Gasteiger partial charge on any atom is 0.306 e. The third-order valence-corrected chi connectivity index (χ3v) is 5.33. The molecule has 0 aliphatic rings. The second-order valence-corrected chi connectivity index (χ2v) is 8.74. The fraction of sp³-hybridized carbons (Fsp3) is 0.613. The fourth-order valence-electron chi connectivity index (χ4n) is 3.23. The first kappa shape index (κ1) is 33.6. The molecule has 0 spiro atoms. The summed E-state index contributed by atoms with van der Waals surface area (Å²) in [4.78, 5) is 23.7. The minimum atomic E-state index is -0.796. The van der Waals surface area contributed by atoms with Gasteiger partial charge in [-0.1, -0.05) is 100 Å². The Hall–Kier alpha value is -2.40. The van der Waals surface area contributed by atoms with E-state index in [-0.39, 0.29) is 31.6 Å². The lowest BCUT2D eigenvalue weighted by Crippen LogP contribution is -2.28. The van der Waals surface area contributed by atoms with Crippen molar-refractivity contribution >= 4 is 11.9 Å². The van der Waals surface area contributed by atoms with Gasteiger partial charge in [0, 0.05) is 12.8 Å². The van der Waals surface area contributed by atoms with Crippen LogP contribution in [-0.2, 0) is 19.1 Å². The predicted molar refractivity (Wildman–Crippen MR) is 150 cm³/mol. The maximum absolute atomic E-state index is 12.0. The molecule has 5 nitrogen and oxygen atoms in total. The van der Waals surface area contributed by atoms with Gasteiger partial charge in [0.2, 0.25) is 0 Å². The van der Waals surface area contributed by atoms with Crippen LogP contribution in [0.15, 0.2) is 60.8 Å². The van der Waals surface area contributed by atoms with Crippen LogP contribution in [-0.4, -0.2) is 36.4 Å². The van der Waals surface area contributed by atoms with Crippen LogP contribution in [0.2, 0.25) is 0 Å². The van der Waals surface area contributed by atoms with Crippen LogP contribution in [0.1, 0.15) is 104 Å². The van der Waals surface area contributed by atoms with Gasteiger partial charge in [0.05, 0.1) is 6.61 Å². The molecule has 0 fully saturated rings. The van der Waals surface area contributed by atoms with E-state index < -0.39 is 6.10 Å². The summed E-state index contributed by atoms with van der Waals surface area (Å²) in [6.07, 6.45) is 33.0. The second-order valence-electron chi connectivity index (χ2n) is 8.74. The largest absolute Gasteiger partial charge is 0.462 e. The molecule has 0 aromatic heterocycles. The molecule has 5 heteroatoms. The van der Waals surface area contributed by atoms with Crippen molar-refractivity contribution < 1.29 is 24.2 Å². The van der Waals surface area contributed by atoms with Crippen molar-refractivity contribution in [2.75, 3.05) is 13.2 Å². The number of allylic oxidation sites excluding steroid dienone is 10. The molecule has 0 aromatic carbocycles. The molecule has 0 aromatic rings. The lowest BCUT2D eigenvalue weighted by molar-refractivity contribution is -0.161. The third-order valence-electron chi connectivity index (χ3n) is 5.33. The Morgan fingerprint density at radius 2 is 1.19 bits per heavy atom. The molecule has 1 atom stereocenters. The molecule has 0 saturated heterocycles. The van der Waals surface area contributed by atoms with Crippen LogP contribution in [0.4, 0.5) is 0 Å². The minimum absolute atomic E-state index is 0.0925. The number of ether oxygens (including phenoxy) is 2. The maximum atomic E-state index is 12.0.